The zero-order valence-corrected chi connectivity index (χ0v) is 17.7. The molecule has 1 aromatic heterocycles. The largest absolute Gasteiger partial charge is 0.488 e. The standard InChI is InChI=1S/C24H26N4O4/c29-21-14-27(24(31)10-12-28-15-25-19-3-1-2-4-20(19)28)11-9-22(21)32-17-6-7-18-16(13-17)5-8-23(30)26-18/h1-4,6-7,13,15,21-22,29H,5,8-12,14H2,(H,26,30)/t21-,22-/m1/s1. The highest BCUT2D eigenvalue weighted by molar-refractivity contribution is 5.94. The molecular weight excluding hydrogens is 408 g/mol. The molecule has 2 N–H and O–H groups in total. The van der Waals surface area contributed by atoms with E-state index in [2.05, 4.69) is 10.3 Å². The fourth-order valence-electron chi connectivity index (χ4n) is 4.44. The van der Waals surface area contributed by atoms with Crippen LogP contribution in [0.4, 0.5) is 5.69 Å². The molecule has 2 aromatic carbocycles. The highest BCUT2D eigenvalue weighted by atomic mass is 16.5. The van der Waals surface area contributed by atoms with Crippen LogP contribution in [0.15, 0.2) is 48.8 Å². The monoisotopic (exact) mass is 434 g/mol. The summed E-state index contributed by atoms with van der Waals surface area (Å²) in [5.74, 6) is 0.723. The SMILES string of the molecule is O=C1CCc2cc(O[C@@H]3CCN(C(=O)CCn4cnc5ccccc54)C[C@H]3O)ccc2N1. The molecule has 2 aliphatic heterocycles. The molecule has 1 saturated heterocycles. The number of nitrogens with one attached hydrogen (secondary N) is 1. The lowest BCUT2D eigenvalue weighted by molar-refractivity contribution is -0.137. The first-order valence-corrected chi connectivity index (χ1v) is 11.0. The summed E-state index contributed by atoms with van der Waals surface area (Å²) in [6.07, 6.45) is 2.71. The van der Waals surface area contributed by atoms with Crippen LogP contribution in [-0.2, 0) is 22.6 Å². The van der Waals surface area contributed by atoms with E-state index in [9.17, 15) is 14.7 Å². The highest BCUT2D eigenvalue weighted by Crippen LogP contribution is 2.28. The van der Waals surface area contributed by atoms with E-state index in [-0.39, 0.29) is 24.5 Å². The molecule has 0 bridgehead atoms. The van der Waals surface area contributed by atoms with Crippen LogP contribution in [0.1, 0.15) is 24.8 Å². The molecule has 32 heavy (non-hydrogen) atoms. The van der Waals surface area contributed by atoms with Gasteiger partial charge in [-0.25, -0.2) is 4.98 Å². The normalized spacial score (nSPS) is 20.7. The number of para-hydroxylation sites is 2. The van der Waals surface area contributed by atoms with Crippen LogP contribution in [0.2, 0.25) is 0 Å². The quantitative estimate of drug-likeness (QED) is 0.643. The first-order valence-electron chi connectivity index (χ1n) is 11.0. The zero-order chi connectivity index (χ0) is 22.1. The Labute approximate surface area is 185 Å². The van der Waals surface area contributed by atoms with Crippen molar-refractivity contribution in [1.29, 1.82) is 0 Å². The van der Waals surface area contributed by atoms with Crippen LogP contribution in [0.5, 0.6) is 5.75 Å². The number of benzene rings is 2. The van der Waals surface area contributed by atoms with Gasteiger partial charge in [0.2, 0.25) is 11.8 Å². The van der Waals surface area contributed by atoms with E-state index in [4.69, 9.17) is 4.74 Å². The number of carbonyl (C=O) groups excluding carboxylic acids is 2. The summed E-state index contributed by atoms with van der Waals surface area (Å²) in [5, 5.41) is 13.5. The first kappa shape index (κ1) is 20.5. The number of aryl methyl sites for hydroxylation is 2. The zero-order valence-electron chi connectivity index (χ0n) is 17.7. The van der Waals surface area contributed by atoms with Crippen molar-refractivity contribution in [3.05, 3.63) is 54.4 Å². The predicted octanol–water partition coefficient (Wildman–Crippen LogP) is 2.35. The Bertz CT molecular complexity index is 1160. The molecule has 2 atom stereocenters. The summed E-state index contributed by atoms with van der Waals surface area (Å²) in [5.41, 5.74) is 3.78. The predicted molar refractivity (Wildman–Crippen MR) is 119 cm³/mol. The average Bonchev–Trinajstić information content (AvgIpc) is 3.22. The molecule has 0 spiro atoms. The molecule has 8 nitrogen and oxygen atoms in total. The molecule has 0 aliphatic carbocycles. The Morgan fingerprint density at radius 2 is 2.09 bits per heavy atom. The summed E-state index contributed by atoms with van der Waals surface area (Å²) in [6, 6.07) is 13.4. The number of piperidine rings is 1. The molecule has 2 aliphatic rings. The second kappa shape index (κ2) is 8.63. The maximum atomic E-state index is 12.7. The number of imidazole rings is 1. The number of hydrogen-bond donors (Lipinski definition) is 2. The van der Waals surface area contributed by atoms with Crippen LogP contribution in [-0.4, -0.2) is 56.7 Å². The number of fused-ring (bicyclic) bond motifs is 2. The summed E-state index contributed by atoms with van der Waals surface area (Å²) >= 11 is 0. The second-order valence-electron chi connectivity index (χ2n) is 8.40. The minimum absolute atomic E-state index is 0.0183. The van der Waals surface area contributed by atoms with Crippen LogP contribution in [0.3, 0.4) is 0 Å². The third-order valence-electron chi connectivity index (χ3n) is 6.23. The van der Waals surface area contributed by atoms with E-state index in [0.29, 0.717) is 44.5 Å². The Morgan fingerprint density at radius 1 is 1.22 bits per heavy atom. The summed E-state index contributed by atoms with van der Waals surface area (Å²) < 4.78 is 8.03. The van der Waals surface area contributed by atoms with Crippen LogP contribution in [0, 0.1) is 0 Å². The molecule has 1 fully saturated rings. The maximum Gasteiger partial charge on any atom is 0.224 e. The van der Waals surface area contributed by atoms with Crippen LogP contribution < -0.4 is 10.1 Å². The lowest BCUT2D eigenvalue weighted by atomic mass is 10.0. The highest BCUT2D eigenvalue weighted by Gasteiger charge is 2.31. The second-order valence-corrected chi connectivity index (χ2v) is 8.40. The number of rotatable bonds is 5. The summed E-state index contributed by atoms with van der Waals surface area (Å²) in [7, 11) is 0. The van der Waals surface area contributed by atoms with Crippen LogP contribution in [0.25, 0.3) is 11.0 Å². The van der Waals surface area contributed by atoms with E-state index in [0.717, 1.165) is 22.3 Å². The number of aliphatic hydroxyl groups is 1. The number of aliphatic hydroxyl groups excluding tert-OH is 1. The third-order valence-corrected chi connectivity index (χ3v) is 6.23. The molecular formula is C24H26N4O4. The number of ether oxygens (including phenoxy) is 1. The average molecular weight is 434 g/mol. The lowest BCUT2D eigenvalue weighted by Gasteiger charge is -2.36. The van der Waals surface area contributed by atoms with Gasteiger partial charge in [-0.05, 0) is 42.3 Å². The number of β-amino-alcohol motifs (C(OH)–C–C–N with tert-alkyl or cyclic N) is 1. The smallest absolute Gasteiger partial charge is 0.224 e. The van der Waals surface area contributed by atoms with Gasteiger partial charge in [-0.3, -0.25) is 9.59 Å². The van der Waals surface area contributed by atoms with Crippen LogP contribution >= 0.6 is 0 Å². The molecule has 0 radical (unpaired) electrons. The van der Waals surface area contributed by atoms with Gasteiger partial charge in [0.1, 0.15) is 18.0 Å². The van der Waals surface area contributed by atoms with Gasteiger partial charge < -0.3 is 24.6 Å². The molecule has 5 rings (SSSR count). The Kier molecular flexibility index (Phi) is 5.53. The van der Waals surface area contributed by atoms with Gasteiger partial charge in [0.25, 0.3) is 0 Å². The van der Waals surface area contributed by atoms with Gasteiger partial charge in [0.05, 0.1) is 23.9 Å². The fourth-order valence-corrected chi connectivity index (χ4v) is 4.44. The number of carbonyl (C=O) groups is 2. The Hall–Kier alpha value is -3.39. The maximum absolute atomic E-state index is 12.7. The van der Waals surface area contributed by atoms with E-state index in [1.165, 1.54) is 0 Å². The van der Waals surface area contributed by atoms with Gasteiger partial charge in [0.15, 0.2) is 0 Å². The van der Waals surface area contributed by atoms with Crippen molar-refractivity contribution in [3.63, 3.8) is 0 Å². The van der Waals surface area contributed by atoms with Crippen molar-refractivity contribution >= 4 is 28.5 Å². The summed E-state index contributed by atoms with van der Waals surface area (Å²) in [4.78, 5) is 30.3. The van der Waals surface area contributed by atoms with Crippen molar-refractivity contribution in [2.24, 2.45) is 0 Å². The van der Waals surface area contributed by atoms with Crippen molar-refractivity contribution in [3.8, 4) is 5.75 Å². The minimum Gasteiger partial charge on any atom is -0.488 e. The van der Waals surface area contributed by atoms with Crippen molar-refractivity contribution in [1.82, 2.24) is 14.5 Å². The fraction of sp³-hybridized carbons (Fsp3) is 0.375. The number of hydrogen-bond acceptors (Lipinski definition) is 5. The van der Waals surface area contributed by atoms with Gasteiger partial charge in [0, 0.05) is 38.0 Å². The molecule has 3 aromatic rings. The summed E-state index contributed by atoms with van der Waals surface area (Å²) in [6.45, 7) is 1.36. The molecule has 8 heteroatoms. The Balaban J connectivity index is 1.15. The Morgan fingerprint density at radius 3 is 2.97 bits per heavy atom. The van der Waals surface area contributed by atoms with E-state index < -0.39 is 6.10 Å². The number of aromatic nitrogens is 2. The first-order chi connectivity index (χ1) is 15.6. The molecule has 166 valence electrons. The number of likely N-dealkylation sites (tertiary alicyclic amines) is 1. The van der Waals surface area contributed by atoms with Gasteiger partial charge in [-0.15, -0.1) is 0 Å². The molecule has 0 unspecified atom stereocenters. The van der Waals surface area contributed by atoms with E-state index in [1.807, 2.05) is 47.0 Å². The van der Waals surface area contributed by atoms with Crippen molar-refractivity contribution in [2.45, 2.75) is 44.4 Å². The number of anilines is 1. The molecule has 3 heterocycles. The van der Waals surface area contributed by atoms with Gasteiger partial charge in [-0.2, -0.15) is 0 Å². The third kappa shape index (κ3) is 4.18. The van der Waals surface area contributed by atoms with E-state index in [1.54, 1.807) is 11.2 Å². The molecule has 2 amide bonds. The van der Waals surface area contributed by atoms with Crippen molar-refractivity contribution < 1.29 is 19.4 Å². The topological polar surface area (TPSA) is 96.7 Å². The molecule has 0 saturated carbocycles. The van der Waals surface area contributed by atoms with Crippen molar-refractivity contribution in [2.75, 3.05) is 18.4 Å². The minimum atomic E-state index is -0.752. The lowest BCUT2D eigenvalue weighted by Crippen LogP contribution is -2.51. The number of amides is 2. The van der Waals surface area contributed by atoms with Gasteiger partial charge >= 0.3 is 0 Å². The van der Waals surface area contributed by atoms with E-state index >= 15 is 0 Å². The number of nitrogens with zero attached hydrogens (tertiary/aromatic N) is 3. The van der Waals surface area contributed by atoms with Gasteiger partial charge in [-0.1, -0.05) is 12.1 Å².